The molecule has 5 nitrogen and oxygen atoms in total. The fraction of sp³-hybridized carbons (Fsp3) is 0.444. The summed E-state index contributed by atoms with van der Waals surface area (Å²) in [5.74, 6) is -1.90. The lowest BCUT2D eigenvalue weighted by Gasteiger charge is -2.21. The van der Waals surface area contributed by atoms with Crippen LogP contribution in [-0.2, 0) is 24.4 Å². The summed E-state index contributed by atoms with van der Waals surface area (Å²) in [5, 5.41) is 0. The van der Waals surface area contributed by atoms with Crippen molar-refractivity contribution in [2.45, 2.75) is 46.1 Å². The van der Waals surface area contributed by atoms with Crippen molar-refractivity contribution in [3.63, 3.8) is 0 Å². The summed E-state index contributed by atoms with van der Waals surface area (Å²) in [4.78, 5) is 18.7. The Morgan fingerprint density at radius 3 is 2.64 bits per heavy atom. The summed E-state index contributed by atoms with van der Waals surface area (Å²) in [6.07, 6.45) is 2.58. The third kappa shape index (κ3) is 4.04. The van der Waals surface area contributed by atoms with Gasteiger partial charge in [0.2, 0.25) is 0 Å². The summed E-state index contributed by atoms with van der Waals surface area (Å²) in [6.45, 7) is 5.87. The maximum absolute atomic E-state index is 13.4. The number of hydrogen-bond acceptors (Lipinski definition) is 3. The van der Waals surface area contributed by atoms with Gasteiger partial charge in [-0.2, -0.15) is 0 Å². The van der Waals surface area contributed by atoms with Crippen LogP contribution in [0.1, 0.15) is 42.0 Å². The number of benzene rings is 1. The average molecular weight is 349 g/mol. The monoisotopic (exact) mass is 349 g/mol. The van der Waals surface area contributed by atoms with E-state index in [9.17, 15) is 13.6 Å². The molecule has 1 aliphatic heterocycles. The maximum atomic E-state index is 13.4. The number of aryl methyl sites for hydroxylation is 1. The molecule has 0 N–H and O–H groups in total. The highest BCUT2D eigenvalue weighted by atomic mass is 19.1. The van der Waals surface area contributed by atoms with Gasteiger partial charge in [0, 0.05) is 24.7 Å². The molecule has 0 spiro atoms. The fourth-order valence-electron chi connectivity index (χ4n) is 2.92. The first-order valence-corrected chi connectivity index (χ1v) is 8.34. The molecule has 3 rings (SSSR count). The van der Waals surface area contributed by atoms with Gasteiger partial charge < -0.3 is 14.2 Å². The summed E-state index contributed by atoms with van der Waals surface area (Å²) in [5.41, 5.74) is 1.72. The van der Waals surface area contributed by atoms with E-state index in [4.69, 9.17) is 4.74 Å². The van der Waals surface area contributed by atoms with Crippen molar-refractivity contribution < 1.29 is 18.3 Å². The Bertz CT molecular complexity index is 753. The number of hydrogen-bond donors (Lipinski definition) is 0. The molecule has 2 heterocycles. The second-order valence-corrected chi connectivity index (χ2v) is 6.43. The minimum absolute atomic E-state index is 0.0189. The van der Waals surface area contributed by atoms with E-state index in [2.05, 4.69) is 4.98 Å². The number of fused-ring (bicyclic) bond motifs is 1. The van der Waals surface area contributed by atoms with Crippen LogP contribution in [0.2, 0.25) is 0 Å². The molecule has 1 aromatic heterocycles. The minimum Gasteiger partial charge on any atom is -0.372 e. The summed E-state index contributed by atoms with van der Waals surface area (Å²) < 4.78 is 34.5. The number of nitrogens with zero attached hydrogens (tertiary/aromatic N) is 3. The molecule has 0 saturated carbocycles. The Kier molecular flexibility index (Phi) is 5.13. The number of carbonyl (C=O) groups excluding carboxylic acids is 1. The standard InChI is InChI=1S/C18H21F2N3O2/c1-12(2)25-10-16-17-9-22(4-3-5-23(17)11-21-16)18(24)13-6-14(19)8-15(20)7-13/h6-8,11-12H,3-5,9-10H2,1-2H3. The van der Waals surface area contributed by atoms with Gasteiger partial charge in [-0.1, -0.05) is 0 Å². The number of amides is 1. The van der Waals surface area contributed by atoms with E-state index in [0.717, 1.165) is 42.6 Å². The molecule has 7 heteroatoms. The number of ether oxygens (including phenoxy) is 1. The first-order valence-electron chi connectivity index (χ1n) is 8.34. The SMILES string of the molecule is CC(C)OCc1ncn2c1CN(C(=O)c1cc(F)cc(F)c1)CCC2. The smallest absolute Gasteiger partial charge is 0.254 e. The van der Waals surface area contributed by atoms with Crippen LogP contribution in [-0.4, -0.2) is 33.0 Å². The van der Waals surface area contributed by atoms with Crippen molar-refractivity contribution in [2.75, 3.05) is 6.54 Å². The van der Waals surface area contributed by atoms with Crippen LogP contribution in [0.25, 0.3) is 0 Å². The summed E-state index contributed by atoms with van der Waals surface area (Å²) in [6, 6.07) is 2.89. The first-order chi connectivity index (χ1) is 11.9. The molecule has 0 fully saturated rings. The van der Waals surface area contributed by atoms with Crippen LogP contribution in [0.5, 0.6) is 0 Å². The largest absolute Gasteiger partial charge is 0.372 e. The first kappa shape index (κ1) is 17.5. The Labute approximate surface area is 145 Å². The van der Waals surface area contributed by atoms with Crippen LogP contribution in [0.15, 0.2) is 24.5 Å². The predicted octanol–water partition coefficient (Wildman–Crippen LogP) is 3.13. The van der Waals surface area contributed by atoms with E-state index in [1.807, 2.05) is 18.4 Å². The van der Waals surface area contributed by atoms with Crippen molar-refractivity contribution >= 4 is 5.91 Å². The van der Waals surface area contributed by atoms with Gasteiger partial charge in [0.15, 0.2) is 0 Å². The van der Waals surface area contributed by atoms with Crippen LogP contribution in [0.4, 0.5) is 8.78 Å². The zero-order chi connectivity index (χ0) is 18.0. The van der Waals surface area contributed by atoms with E-state index in [1.165, 1.54) is 0 Å². The number of carbonyl (C=O) groups is 1. The molecule has 25 heavy (non-hydrogen) atoms. The molecule has 134 valence electrons. The van der Waals surface area contributed by atoms with Crippen LogP contribution < -0.4 is 0 Å². The highest BCUT2D eigenvalue weighted by Gasteiger charge is 2.24. The lowest BCUT2D eigenvalue weighted by molar-refractivity contribution is 0.0620. The molecule has 1 amide bonds. The van der Waals surface area contributed by atoms with Gasteiger partial charge >= 0.3 is 0 Å². The van der Waals surface area contributed by atoms with E-state index in [1.54, 1.807) is 11.2 Å². The second-order valence-electron chi connectivity index (χ2n) is 6.43. The zero-order valence-corrected chi connectivity index (χ0v) is 14.3. The Hall–Kier alpha value is -2.28. The lowest BCUT2D eigenvalue weighted by Crippen LogP contribution is -2.31. The molecule has 0 aliphatic carbocycles. The van der Waals surface area contributed by atoms with Crippen LogP contribution >= 0.6 is 0 Å². The molecule has 1 aliphatic rings. The summed E-state index contributed by atoms with van der Waals surface area (Å²) >= 11 is 0. The van der Waals surface area contributed by atoms with Gasteiger partial charge in [0.25, 0.3) is 5.91 Å². The lowest BCUT2D eigenvalue weighted by atomic mass is 10.1. The molecular formula is C18H21F2N3O2. The van der Waals surface area contributed by atoms with Crippen LogP contribution in [0.3, 0.4) is 0 Å². The van der Waals surface area contributed by atoms with Gasteiger partial charge in [0.1, 0.15) is 11.6 Å². The van der Waals surface area contributed by atoms with Crippen molar-refractivity contribution in [3.8, 4) is 0 Å². The minimum atomic E-state index is -0.755. The molecule has 0 bridgehead atoms. The van der Waals surface area contributed by atoms with E-state index < -0.39 is 11.6 Å². The van der Waals surface area contributed by atoms with Crippen molar-refractivity contribution in [3.05, 3.63) is 53.1 Å². The Morgan fingerprint density at radius 1 is 1.24 bits per heavy atom. The number of rotatable bonds is 4. The zero-order valence-electron chi connectivity index (χ0n) is 14.3. The van der Waals surface area contributed by atoms with Gasteiger partial charge in [-0.05, 0) is 32.4 Å². The quantitative estimate of drug-likeness (QED) is 0.852. The van der Waals surface area contributed by atoms with Crippen molar-refractivity contribution in [2.24, 2.45) is 0 Å². The average Bonchev–Trinajstić information content (AvgIpc) is 2.79. The molecule has 1 aromatic carbocycles. The molecule has 0 radical (unpaired) electrons. The normalized spacial score (nSPS) is 14.5. The highest BCUT2D eigenvalue weighted by molar-refractivity contribution is 5.94. The van der Waals surface area contributed by atoms with E-state index in [-0.39, 0.29) is 17.6 Å². The van der Waals surface area contributed by atoms with Crippen molar-refractivity contribution in [1.29, 1.82) is 0 Å². The topological polar surface area (TPSA) is 47.4 Å². The molecule has 2 aromatic rings. The predicted molar refractivity (Wildman–Crippen MR) is 87.9 cm³/mol. The van der Waals surface area contributed by atoms with Gasteiger partial charge in [0.05, 0.1) is 37.0 Å². The van der Waals surface area contributed by atoms with Crippen LogP contribution in [0, 0.1) is 11.6 Å². The second kappa shape index (κ2) is 7.31. The molecule has 0 saturated heterocycles. The van der Waals surface area contributed by atoms with Gasteiger partial charge in [-0.15, -0.1) is 0 Å². The third-order valence-electron chi connectivity index (χ3n) is 4.15. The highest BCUT2D eigenvalue weighted by Crippen LogP contribution is 2.20. The molecule has 0 unspecified atom stereocenters. The number of imidazole rings is 1. The number of halogens is 2. The molecule has 0 atom stereocenters. The van der Waals surface area contributed by atoms with Gasteiger partial charge in [-0.25, -0.2) is 13.8 Å². The van der Waals surface area contributed by atoms with Gasteiger partial charge in [-0.3, -0.25) is 4.79 Å². The van der Waals surface area contributed by atoms with E-state index in [0.29, 0.717) is 19.7 Å². The van der Waals surface area contributed by atoms with Crippen molar-refractivity contribution in [1.82, 2.24) is 14.5 Å². The summed E-state index contributed by atoms with van der Waals surface area (Å²) in [7, 11) is 0. The fourth-order valence-corrected chi connectivity index (χ4v) is 2.92. The van der Waals surface area contributed by atoms with E-state index >= 15 is 0 Å². The maximum Gasteiger partial charge on any atom is 0.254 e. The molecular weight excluding hydrogens is 328 g/mol. The third-order valence-corrected chi connectivity index (χ3v) is 4.15. The Balaban J connectivity index is 1.83. The number of aromatic nitrogens is 2. The Morgan fingerprint density at radius 2 is 1.96 bits per heavy atom.